The Hall–Kier alpha value is -4.37. The number of amides is 1. The van der Waals surface area contributed by atoms with Gasteiger partial charge in [-0.25, -0.2) is 9.97 Å². The maximum Gasteiger partial charge on any atom is 0.253 e. The van der Waals surface area contributed by atoms with E-state index in [0.29, 0.717) is 35.2 Å². The molecule has 2 aromatic heterocycles. The number of likely N-dealkylation sites (N-methyl/N-ethyl adjacent to an activating group) is 1. The van der Waals surface area contributed by atoms with Crippen molar-refractivity contribution in [1.82, 2.24) is 19.4 Å². The van der Waals surface area contributed by atoms with E-state index in [9.17, 15) is 4.79 Å². The first-order chi connectivity index (χ1) is 19.8. The highest BCUT2D eigenvalue weighted by Gasteiger charge is 2.26. The summed E-state index contributed by atoms with van der Waals surface area (Å²) in [5.74, 6) is 2.62. The Labute approximate surface area is 242 Å². The van der Waals surface area contributed by atoms with Gasteiger partial charge in [-0.1, -0.05) is 26.0 Å². The molecule has 0 spiro atoms. The van der Waals surface area contributed by atoms with E-state index in [0.717, 1.165) is 54.0 Å². The Morgan fingerprint density at radius 2 is 1.71 bits per heavy atom. The maximum atomic E-state index is 12.4. The maximum absolute atomic E-state index is 12.4. The molecule has 1 aliphatic heterocycles. The molecular formula is C32H40N6O3. The van der Waals surface area contributed by atoms with Crippen LogP contribution >= 0.6 is 0 Å². The van der Waals surface area contributed by atoms with E-state index in [4.69, 9.17) is 20.9 Å². The van der Waals surface area contributed by atoms with Crippen molar-refractivity contribution in [3.63, 3.8) is 0 Å². The first-order valence-electron chi connectivity index (χ1n) is 14.1. The second-order valence-electron chi connectivity index (χ2n) is 10.2. The Balaban J connectivity index is 0.00000189. The van der Waals surface area contributed by atoms with Gasteiger partial charge in [0.2, 0.25) is 0 Å². The third kappa shape index (κ3) is 7.24. The number of primary amides is 1. The highest BCUT2D eigenvalue weighted by atomic mass is 16.5. The van der Waals surface area contributed by atoms with Gasteiger partial charge in [-0.3, -0.25) is 4.79 Å². The van der Waals surface area contributed by atoms with Crippen LogP contribution in [0, 0.1) is 13.8 Å². The van der Waals surface area contributed by atoms with E-state index < -0.39 is 5.91 Å². The predicted octanol–water partition coefficient (Wildman–Crippen LogP) is 5.91. The molecule has 9 nitrogen and oxygen atoms in total. The van der Waals surface area contributed by atoms with Gasteiger partial charge in [0.05, 0.1) is 5.56 Å². The Morgan fingerprint density at radius 1 is 1.02 bits per heavy atom. The fourth-order valence-electron chi connectivity index (χ4n) is 5.04. The largest absolute Gasteiger partial charge is 0.489 e. The van der Waals surface area contributed by atoms with Crippen molar-refractivity contribution in [2.45, 2.75) is 53.2 Å². The molecule has 41 heavy (non-hydrogen) atoms. The number of nitrogen functional groups attached to an aromatic ring is 1. The van der Waals surface area contributed by atoms with Gasteiger partial charge in [-0.15, -0.1) is 0 Å². The molecule has 0 bridgehead atoms. The zero-order chi connectivity index (χ0) is 29.5. The highest BCUT2D eigenvalue weighted by Crippen LogP contribution is 2.36. The summed E-state index contributed by atoms with van der Waals surface area (Å²) in [6, 6.07) is 13.5. The lowest BCUT2D eigenvalue weighted by Crippen LogP contribution is -2.33. The lowest BCUT2D eigenvalue weighted by atomic mass is 10.0. The smallest absolute Gasteiger partial charge is 0.253 e. The molecule has 1 aliphatic rings. The number of ether oxygens (including phenoxy) is 2. The SMILES string of the molecule is CC.Cc1cc(OCc2cnc(C)nc2)cc(Oc2ccc(-c3cn([C@@H]4CCCN(C)C4)c(N)c3C(N)=O)cc2)c1. The molecule has 4 N–H and O–H groups in total. The van der Waals surface area contributed by atoms with E-state index in [1.54, 1.807) is 12.4 Å². The number of benzene rings is 2. The molecule has 1 amide bonds. The second-order valence-corrected chi connectivity index (χ2v) is 10.2. The van der Waals surface area contributed by atoms with Crippen molar-refractivity contribution >= 4 is 11.7 Å². The minimum Gasteiger partial charge on any atom is -0.489 e. The number of rotatable bonds is 8. The molecule has 2 aromatic carbocycles. The number of hydrogen-bond acceptors (Lipinski definition) is 7. The molecule has 9 heteroatoms. The van der Waals surface area contributed by atoms with Gasteiger partial charge in [-0.05, 0) is 75.7 Å². The molecule has 0 unspecified atom stereocenters. The molecule has 3 heterocycles. The zero-order valence-electron chi connectivity index (χ0n) is 24.6. The predicted molar refractivity (Wildman–Crippen MR) is 162 cm³/mol. The number of carbonyl (C=O) groups is 1. The van der Waals surface area contributed by atoms with E-state index in [-0.39, 0.29) is 6.04 Å². The van der Waals surface area contributed by atoms with Gasteiger partial charge < -0.3 is 30.4 Å². The van der Waals surface area contributed by atoms with Crippen LogP contribution in [0.5, 0.6) is 17.2 Å². The average molecular weight is 557 g/mol. The Morgan fingerprint density at radius 3 is 2.37 bits per heavy atom. The standard InChI is InChI=1S/C30H34N6O3.C2H6/c1-19-11-25(38-18-21-14-33-20(2)34-15-21)13-26(12-19)39-24-8-6-22(7-9-24)27-17-36(29(31)28(27)30(32)37)23-5-4-10-35(3)16-23;1-2/h6-9,11-15,17,23H,4-5,10,16,18,31H2,1-3H3,(H2,32,37);1-2H3/t23-;/m1./s1. The number of nitrogens with two attached hydrogens (primary N) is 2. The minimum atomic E-state index is -0.532. The monoisotopic (exact) mass is 556 g/mol. The summed E-state index contributed by atoms with van der Waals surface area (Å²) in [5.41, 5.74) is 16.0. The molecule has 1 atom stereocenters. The number of anilines is 1. The van der Waals surface area contributed by atoms with Crippen LogP contribution in [0.15, 0.2) is 61.1 Å². The summed E-state index contributed by atoms with van der Waals surface area (Å²) >= 11 is 0. The van der Waals surface area contributed by atoms with E-state index >= 15 is 0 Å². The first kappa shape index (κ1) is 29.6. The summed E-state index contributed by atoms with van der Waals surface area (Å²) in [6.45, 7) is 10.1. The van der Waals surface area contributed by atoms with Crippen molar-refractivity contribution in [3.05, 3.63) is 83.6 Å². The van der Waals surface area contributed by atoms with Gasteiger partial charge in [0.1, 0.15) is 35.5 Å². The van der Waals surface area contributed by atoms with E-state index in [1.165, 1.54) is 0 Å². The summed E-state index contributed by atoms with van der Waals surface area (Å²) in [4.78, 5) is 23.1. The fraction of sp³-hybridized carbons (Fsp3) is 0.344. The number of hydrogen-bond donors (Lipinski definition) is 2. The normalized spacial score (nSPS) is 15.1. The first-order valence-corrected chi connectivity index (χ1v) is 14.1. The lowest BCUT2D eigenvalue weighted by Gasteiger charge is -2.31. The third-order valence-corrected chi connectivity index (χ3v) is 6.98. The van der Waals surface area contributed by atoms with Crippen LogP contribution in [-0.4, -0.2) is 45.5 Å². The number of piperidine rings is 1. The fourth-order valence-corrected chi connectivity index (χ4v) is 5.04. The van der Waals surface area contributed by atoms with Crippen LogP contribution in [0.1, 0.15) is 60.0 Å². The quantitative estimate of drug-likeness (QED) is 0.277. The lowest BCUT2D eigenvalue weighted by molar-refractivity contribution is 0.100. The van der Waals surface area contributed by atoms with Gasteiger partial charge in [0, 0.05) is 48.4 Å². The molecular weight excluding hydrogens is 516 g/mol. The molecule has 1 saturated heterocycles. The van der Waals surface area contributed by atoms with Gasteiger partial charge in [0.25, 0.3) is 5.91 Å². The number of aryl methyl sites for hydroxylation is 2. The van der Waals surface area contributed by atoms with E-state index in [2.05, 4.69) is 21.9 Å². The average Bonchev–Trinajstić information content (AvgIpc) is 3.31. The summed E-state index contributed by atoms with van der Waals surface area (Å²) in [6.07, 6.45) is 7.57. The molecule has 4 aromatic rings. The number of carbonyl (C=O) groups excluding carboxylic acids is 1. The van der Waals surface area contributed by atoms with Crippen LogP contribution < -0.4 is 20.9 Å². The van der Waals surface area contributed by atoms with Crippen molar-refractivity contribution < 1.29 is 14.3 Å². The highest BCUT2D eigenvalue weighted by molar-refractivity contribution is 6.04. The molecule has 0 radical (unpaired) electrons. The Kier molecular flexibility index (Phi) is 9.62. The van der Waals surface area contributed by atoms with Crippen LogP contribution in [0.25, 0.3) is 11.1 Å². The summed E-state index contributed by atoms with van der Waals surface area (Å²) in [7, 11) is 2.10. The molecule has 5 rings (SSSR count). The molecule has 0 aliphatic carbocycles. The van der Waals surface area contributed by atoms with Gasteiger partial charge in [0.15, 0.2) is 0 Å². The van der Waals surface area contributed by atoms with Crippen LogP contribution in [-0.2, 0) is 6.61 Å². The molecule has 1 fully saturated rings. The molecule has 0 saturated carbocycles. The minimum absolute atomic E-state index is 0.203. The van der Waals surface area contributed by atoms with Crippen molar-refractivity contribution in [2.24, 2.45) is 5.73 Å². The van der Waals surface area contributed by atoms with Gasteiger partial charge in [-0.2, -0.15) is 0 Å². The van der Waals surface area contributed by atoms with Crippen LogP contribution in [0.3, 0.4) is 0 Å². The van der Waals surface area contributed by atoms with Crippen molar-refractivity contribution in [3.8, 4) is 28.4 Å². The Bertz CT molecular complexity index is 1460. The summed E-state index contributed by atoms with van der Waals surface area (Å²) < 4.78 is 14.1. The van der Waals surface area contributed by atoms with Gasteiger partial charge >= 0.3 is 0 Å². The molecule has 216 valence electrons. The van der Waals surface area contributed by atoms with Crippen LogP contribution in [0.4, 0.5) is 5.82 Å². The number of nitrogens with zero attached hydrogens (tertiary/aromatic N) is 4. The van der Waals surface area contributed by atoms with Crippen molar-refractivity contribution in [1.29, 1.82) is 0 Å². The number of aromatic nitrogens is 3. The van der Waals surface area contributed by atoms with Crippen molar-refractivity contribution in [2.75, 3.05) is 25.9 Å². The number of likely N-dealkylation sites (tertiary alicyclic amines) is 1. The zero-order valence-corrected chi connectivity index (χ0v) is 24.6. The second kappa shape index (κ2) is 13.3. The third-order valence-electron chi connectivity index (χ3n) is 6.98. The van der Waals surface area contributed by atoms with E-state index in [1.807, 2.05) is 80.9 Å². The summed E-state index contributed by atoms with van der Waals surface area (Å²) in [5, 5.41) is 0. The topological polar surface area (TPSA) is 122 Å². The van der Waals surface area contributed by atoms with Crippen LogP contribution in [0.2, 0.25) is 0 Å².